The van der Waals surface area contributed by atoms with Gasteiger partial charge in [-0.15, -0.1) is 0 Å². The summed E-state index contributed by atoms with van der Waals surface area (Å²) in [5, 5.41) is 10.8. The van der Waals surface area contributed by atoms with Crippen LogP contribution in [-0.4, -0.2) is 45.0 Å². The van der Waals surface area contributed by atoms with E-state index < -0.39 is 10.0 Å². The Labute approximate surface area is 83.0 Å². The zero-order valence-corrected chi connectivity index (χ0v) is 8.75. The molecule has 0 saturated heterocycles. The highest BCUT2D eigenvalue weighted by atomic mass is 32.2. The minimum Gasteiger partial charge on any atom is -0.409 e. The third-order valence-electron chi connectivity index (χ3n) is 1.30. The fraction of sp³-hybridized carbons (Fsp3) is 0.833. The quantitative estimate of drug-likeness (QED) is 0.164. The summed E-state index contributed by atoms with van der Waals surface area (Å²) in [4.78, 5) is 0. The van der Waals surface area contributed by atoms with Crippen LogP contribution in [0.5, 0.6) is 0 Å². The largest absolute Gasteiger partial charge is 0.409 e. The summed E-state index contributed by atoms with van der Waals surface area (Å²) in [6.07, 6.45) is 0. The van der Waals surface area contributed by atoms with Crippen molar-refractivity contribution in [2.75, 3.05) is 25.5 Å². The smallest absolute Gasteiger partial charge is 0.214 e. The minimum absolute atomic E-state index is 0.127. The second kappa shape index (κ2) is 6.57. The summed E-state index contributed by atoms with van der Waals surface area (Å²) in [5.74, 6) is -0.329. The topological polar surface area (TPSA) is 114 Å². The monoisotopic (exact) mass is 225 g/mol. The fourth-order valence-corrected chi connectivity index (χ4v) is 1.45. The molecule has 0 aromatic rings. The van der Waals surface area contributed by atoms with E-state index in [0.29, 0.717) is 6.61 Å². The van der Waals surface area contributed by atoms with Gasteiger partial charge in [-0.3, -0.25) is 0 Å². The summed E-state index contributed by atoms with van der Waals surface area (Å²) in [7, 11) is -3.41. The minimum atomic E-state index is -3.41. The number of sulfonamides is 1. The number of hydrogen-bond donors (Lipinski definition) is 3. The van der Waals surface area contributed by atoms with E-state index in [1.807, 2.05) is 0 Å². The van der Waals surface area contributed by atoms with Gasteiger partial charge < -0.3 is 15.7 Å². The summed E-state index contributed by atoms with van der Waals surface area (Å²) in [6.45, 7) is 2.17. The van der Waals surface area contributed by atoms with Crippen molar-refractivity contribution in [2.45, 2.75) is 6.92 Å². The molecule has 8 heteroatoms. The molecule has 0 bridgehead atoms. The van der Waals surface area contributed by atoms with Gasteiger partial charge in [0.15, 0.2) is 5.84 Å². The Morgan fingerprint density at radius 2 is 2.29 bits per heavy atom. The first-order valence-electron chi connectivity index (χ1n) is 4.03. The molecule has 0 saturated carbocycles. The lowest BCUT2D eigenvalue weighted by molar-refractivity contribution is 0.163. The van der Waals surface area contributed by atoms with E-state index in [4.69, 9.17) is 15.7 Å². The highest BCUT2D eigenvalue weighted by Crippen LogP contribution is 1.85. The van der Waals surface area contributed by atoms with Crippen molar-refractivity contribution >= 4 is 15.9 Å². The van der Waals surface area contributed by atoms with Crippen LogP contribution in [0.1, 0.15) is 6.92 Å². The maximum atomic E-state index is 11.1. The van der Waals surface area contributed by atoms with Crippen molar-refractivity contribution in [3.8, 4) is 0 Å². The van der Waals surface area contributed by atoms with Crippen molar-refractivity contribution in [2.24, 2.45) is 10.9 Å². The lowest BCUT2D eigenvalue weighted by atomic mass is 10.6. The van der Waals surface area contributed by atoms with Gasteiger partial charge in [0.2, 0.25) is 10.0 Å². The average Bonchev–Trinajstić information content (AvgIpc) is 2.14. The van der Waals surface area contributed by atoms with Crippen LogP contribution in [-0.2, 0) is 14.8 Å². The van der Waals surface area contributed by atoms with Crippen LogP contribution in [0.25, 0.3) is 0 Å². The number of rotatable bonds is 7. The van der Waals surface area contributed by atoms with E-state index in [0.717, 1.165) is 0 Å². The molecule has 14 heavy (non-hydrogen) atoms. The SMILES string of the molecule is CCOCCS(=O)(=O)NCC(N)=NO. The molecule has 0 fully saturated rings. The van der Waals surface area contributed by atoms with Crippen LogP contribution in [0, 0.1) is 0 Å². The Kier molecular flexibility index (Phi) is 6.17. The Balaban J connectivity index is 3.84. The maximum Gasteiger partial charge on any atom is 0.214 e. The van der Waals surface area contributed by atoms with Gasteiger partial charge in [-0.2, -0.15) is 0 Å². The van der Waals surface area contributed by atoms with Gasteiger partial charge in [0.25, 0.3) is 0 Å². The molecule has 0 spiro atoms. The molecule has 0 unspecified atom stereocenters. The molecule has 0 rings (SSSR count). The number of nitrogens with one attached hydrogen (secondary N) is 1. The number of hydrogen-bond acceptors (Lipinski definition) is 5. The third-order valence-corrected chi connectivity index (χ3v) is 2.59. The molecule has 0 amide bonds. The Morgan fingerprint density at radius 3 is 2.79 bits per heavy atom. The van der Waals surface area contributed by atoms with Crippen molar-refractivity contribution in [1.29, 1.82) is 0 Å². The van der Waals surface area contributed by atoms with E-state index in [-0.39, 0.29) is 24.7 Å². The molecule has 0 atom stereocenters. The predicted molar refractivity (Wildman–Crippen MR) is 51.7 cm³/mol. The second-order valence-corrected chi connectivity index (χ2v) is 4.35. The van der Waals surface area contributed by atoms with Gasteiger partial charge in [-0.25, -0.2) is 13.1 Å². The average molecular weight is 225 g/mol. The first-order chi connectivity index (χ1) is 6.52. The summed E-state index contributed by atoms with van der Waals surface area (Å²) in [5.41, 5.74) is 5.08. The van der Waals surface area contributed by atoms with Crippen LogP contribution in [0.15, 0.2) is 5.16 Å². The van der Waals surface area contributed by atoms with E-state index in [2.05, 4.69) is 9.88 Å². The normalized spacial score (nSPS) is 13.1. The first-order valence-corrected chi connectivity index (χ1v) is 5.68. The zero-order valence-electron chi connectivity index (χ0n) is 7.93. The highest BCUT2D eigenvalue weighted by molar-refractivity contribution is 7.89. The predicted octanol–water partition coefficient (Wildman–Crippen LogP) is -1.31. The molecular weight excluding hydrogens is 210 g/mol. The first kappa shape index (κ1) is 13.1. The van der Waals surface area contributed by atoms with E-state index in [9.17, 15) is 8.42 Å². The van der Waals surface area contributed by atoms with Crippen molar-refractivity contribution in [3.63, 3.8) is 0 Å². The van der Waals surface area contributed by atoms with Gasteiger partial charge in [-0.1, -0.05) is 5.16 Å². The van der Waals surface area contributed by atoms with Gasteiger partial charge in [0.1, 0.15) is 0 Å². The molecule has 0 aliphatic rings. The second-order valence-electron chi connectivity index (χ2n) is 2.43. The van der Waals surface area contributed by atoms with Crippen molar-refractivity contribution in [3.05, 3.63) is 0 Å². The molecule has 0 heterocycles. The number of amidine groups is 1. The summed E-state index contributed by atoms with van der Waals surface area (Å²) < 4.78 is 29.3. The molecule has 84 valence electrons. The Bertz CT molecular complexity index is 275. The molecule has 0 radical (unpaired) electrons. The molecule has 0 aromatic heterocycles. The van der Waals surface area contributed by atoms with Crippen LogP contribution < -0.4 is 10.5 Å². The van der Waals surface area contributed by atoms with Crippen molar-refractivity contribution in [1.82, 2.24) is 4.72 Å². The van der Waals surface area contributed by atoms with Crippen LogP contribution in [0.3, 0.4) is 0 Å². The standard InChI is InChI=1S/C6H15N3O4S/c1-2-13-3-4-14(11,12)8-5-6(7)9-10/h8,10H,2-5H2,1H3,(H2,7,9). The number of nitrogens with two attached hydrogens (primary N) is 1. The molecular formula is C6H15N3O4S. The Morgan fingerprint density at radius 1 is 1.64 bits per heavy atom. The summed E-state index contributed by atoms with van der Waals surface area (Å²) >= 11 is 0. The summed E-state index contributed by atoms with van der Waals surface area (Å²) in [6, 6.07) is 0. The fourth-order valence-electron chi connectivity index (χ4n) is 0.604. The highest BCUT2D eigenvalue weighted by Gasteiger charge is 2.09. The lowest BCUT2D eigenvalue weighted by Crippen LogP contribution is -2.35. The van der Waals surface area contributed by atoms with Crippen molar-refractivity contribution < 1.29 is 18.4 Å². The lowest BCUT2D eigenvalue weighted by Gasteiger charge is -2.05. The number of oxime groups is 1. The van der Waals surface area contributed by atoms with Crippen LogP contribution >= 0.6 is 0 Å². The number of nitrogens with zero attached hydrogens (tertiary/aromatic N) is 1. The molecule has 7 nitrogen and oxygen atoms in total. The van der Waals surface area contributed by atoms with Gasteiger partial charge in [0, 0.05) is 6.61 Å². The van der Waals surface area contributed by atoms with Gasteiger partial charge in [-0.05, 0) is 6.92 Å². The van der Waals surface area contributed by atoms with E-state index >= 15 is 0 Å². The molecule has 0 aromatic carbocycles. The Hall–Kier alpha value is -0.860. The van der Waals surface area contributed by atoms with Crippen LogP contribution in [0.2, 0.25) is 0 Å². The molecule has 0 aliphatic carbocycles. The molecule has 0 aliphatic heterocycles. The maximum absolute atomic E-state index is 11.1. The number of ether oxygens (including phenoxy) is 1. The van der Waals surface area contributed by atoms with E-state index in [1.54, 1.807) is 6.92 Å². The van der Waals surface area contributed by atoms with Gasteiger partial charge in [0.05, 0.1) is 18.9 Å². The van der Waals surface area contributed by atoms with E-state index in [1.165, 1.54) is 0 Å². The molecule has 4 N–H and O–H groups in total. The van der Waals surface area contributed by atoms with Gasteiger partial charge >= 0.3 is 0 Å². The third kappa shape index (κ3) is 6.63. The van der Waals surface area contributed by atoms with Crippen LogP contribution in [0.4, 0.5) is 0 Å². The zero-order chi connectivity index (χ0) is 11.0.